The van der Waals surface area contributed by atoms with Crippen molar-refractivity contribution >= 4 is 29.0 Å². The monoisotopic (exact) mass is 383 g/mol. The average molecular weight is 383 g/mol. The lowest BCUT2D eigenvalue weighted by Gasteiger charge is -2.22. The molecule has 0 heterocycles. The SMILES string of the molecule is CC(C)(CO)COB(O)c1ccccc1.CCCCCCC[S+]=C(N)N. The second-order valence-corrected chi connectivity index (χ2v) is 8.23. The number of aliphatic hydroxyl groups excluding tert-OH is 1. The van der Waals surface area contributed by atoms with E-state index < -0.39 is 7.12 Å². The van der Waals surface area contributed by atoms with Crippen molar-refractivity contribution in [3.05, 3.63) is 30.3 Å². The molecule has 0 aromatic heterocycles. The molecule has 7 heteroatoms. The van der Waals surface area contributed by atoms with Crippen LogP contribution in [-0.4, -0.2) is 41.3 Å². The van der Waals surface area contributed by atoms with Crippen LogP contribution in [0.1, 0.15) is 52.9 Å². The number of nitrogens with two attached hydrogens (primary N) is 2. The Morgan fingerprint density at radius 3 is 2.27 bits per heavy atom. The maximum absolute atomic E-state index is 9.68. The van der Waals surface area contributed by atoms with Crippen LogP contribution >= 0.6 is 0 Å². The number of aliphatic hydroxyl groups is 1. The van der Waals surface area contributed by atoms with Gasteiger partial charge in [-0.25, -0.2) is 11.5 Å². The molecule has 1 aromatic rings. The number of rotatable bonds is 11. The van der Waals surface area contributed by atoms with Gasteiger partial charge in [0.2, 0.25) is 11.4 Å². The van der Waals surface area contributed by atoms with Crippen LogP contribution in [0.2, 0.25) is 0 Å². The normalized spacial score (nSPS) is 10.7. The lowest BCUT2D eigenvalue weighted by molar-refractivity contribution is 0.0886. The van der Waals surface area contributed by atoms with Crippen molar-refractivity contribution in [3.8, 4) is 0 Å². The molecule has 148 valence electrons. The lowest BCUT2D eigenvalue weighted by atomic mass is 9.79. The molecule has 26 heavy (non-hydrogen) atoms. The van der Waals surface area contributed by atoms with E-state index in [2.05, 4.69) is 6.92 Å². The molecule has 0 amide bonds. The van der Waals surface area contributed by atoms with Crippen molar-refractivity contribution in [3.63, 3.8) is 0 Å². The summed E-state index contributed by atoms with van der Waals surface area (Å²) in [6.45, 7) is 6.34. The topological polar surface area (TPSA) is 102 Å². The molecule has 0 saturated carbocycles. The summed E-state index contributed by atoms with van der Waals surface area (Å²) in [4.78, 5) is 0. The maximum atomic E-state index is 9.68. The Bertz CT molecular complexity index is 483. The Morgan fingerprint density at radius 2 is 1.73 bits per heavy atom. The molecule has 0 saturated heterocycles. The Kier molecular flexibility index (Phi) is 14.8. The number of benzene rings is 1. The second-order valence-electron chi connectivity index (χ2n) is 7.06. The van der Waals surface area contributed by atoms with E-state index in [1.54, 1.807) is 23.5 Å². The Balaban J connectivity index is 0.000000508. The molecule has 0 radical (unpaired) electrons. The summed E-state index contributed by atoms with van der Waals surface area (Å²) in [6, 6.07) is 9.18. The fraction of sp³-hybridized carbons (Fsp3) is 0.632. The van der Waals surface area contributed by atoms with E-state index in [-0.39, 0.29) is 12.0 Å². The smallest absolute Gasteiger partial charge is 0.423 e. The van der Waals surface area contributed by atoms with Crippen LogP contribution in [0.15, 0.2) is 30.3 Å². The summed E-state index contributed by atoms with van der Waals surface area (Å²) in [7, 11) is -0.919. The van der Waals surface area contributed by atoms with Gasteiger partial charge in [0, 0.05) is 18.4 Å². The van der Waals surface area contributed by atoms with E-state index in [0.717, 1.165) is 11.2 Å². The third-order valence-corrected chi connectivity index (χ3v) is 4.49. The van der Waals surface area contributed by atoms with Crippen LogP contribution < -0.4 is 16.9 Å². The van der Waals surface area contributed by atoms with Crippen LogP contribution in [0.3, 0.4) is 0 Å². The maximum Gasteiger partial charge on any atom is 0.491 e. The molecule has 5 nitrogen and oxygen atoms in total. The van der Waals surface area contributed by atoms with Gasteiger partial charge in [0.1, 0.15) is 0 Å². The molecule has 0 fully saturated rings. The fourth-order valence-corrected chi connectivity index (χ4v) is 2.54. The van der Waals surface area contributed by atoms with Gasteiger partial charge in [0.15, 0.2) is 5.75 Å². The zero-order chi connectivity index (χ0) is 19.8. The summed E-state index contributed by atoms with van der Waals surface area (Å²) in [5.41, 5.74) is 11.0. The molecule has 0 aliphatic carbocycles. The predicted molar refractivity (Wildman–Crippen MR) is 115 cm³/mol. The van der Waals surface area contributed by atoms with Crippen molar-refractivity contribution in [2.75, 3.05) is 19.0 Å². The molecule has 0 bridgehead atoms. The highest BCUT2D eigenvalue weighted by atomic mass is 32.1. The number of hydrogen-bond donors (Lipinski definition) is 4. The zero-order valence-electron chi connectivity index (χ0n) is 16.5. The van der Waals surface area contributed by atoms with Gasteiger partial charge < -0.3 is 14.8 Å². The van der Waals surface area contributed by atoms with Gasteiger partial charge in [-0.15, -0.1) is 0 Å². The minimum Gasteiger partial charge on any atom is -0.423 e. The van der Waals surface area contributed by atoms with Crippen LogP contribution in [0, 0.1) is 5.41 Å². The Morgan fingerprint density at radius 1 is 1.12 bits per heavy atom. The van der Waals surface area contributed by atoms with E-state index in [1.165, 1.54) is 32.1 Å². The molecular weight excluding hydrogens is 347 g/mol. The first kappa shape index (κ1) is 25.2. The van der Waals surface area contributed by atoms with E-state index >= 15 is 0 Å². The summed E-state index contributed by atoms with van der Waals surface area (Å²) in [5, 5.41) is 19.2. The second kappa shape index (κ2) is 15.3. The summed E-state index contributed by atoms with van der Waals surface area (Å²) >= 11 is 1.56. The van der Waals surface area contributed by atoms with Crippen LogP contribution in [0.5, 0.6) is 0 Å². The van der Waals surface area contributed by atoms with Gasteiger partial charge >= 0.3 is 12.2 Å². The molecule has 1 rings (SSSR count). The molecule has 6 N–H and O–H groups in total. The van der Waals surface area contributed by atoms with Crippen molar-refractivity contribution in [1.29, 1.82) is 0 Å². The highest BCUT2D eigenvalue weighted by Crippen LogP contribution is 2.13. The van der Waals surface area contributed by atoms with Crippen molar-refractivity contribution in [1.82, 2.24) is 0 Å². The first-order chi connectivity index (χ1) is 12.3. The van der Waals surface area contributed by atoms with Gasteiger partial charge in [-0.05, 0) is 11.9 Å². The summed E-state index contributed by atoms with van der Waals surface area (Å²) in [5.74, 6) is 1.08. The molecule has 1 aromatic carbocycles. The van der Waals surface area contributed by atoms with Gasteiger partial charge in [-0.2, -0.15) is 0 Å². The Labute approximate surface area is 163 Å². The molecule has 0 atom stereocenters. The van der Waals surface area contributed by atoms with E-state index in [1.807, 2.05) is 32.0 Å². The highest BCUT2D eigenvalue weighted by Gasteiger charge is 2.22. The standard InChI is InChI=1S/C11H17BO3.C8H19N2S/c1-11(2,8-13)9-15-12(14)10-6-4-3-5-7-10;1-2-3-4-5-6-7-11-8(9)10/h3-7,13-14H,8-9H2,1-2H3;2-7,9-10H2,1H3/q;+1. The van der Waals surface area contributed by atoms with Gasteiger partial charge in [-0.3, -0.25) is 0 Å². The van der Waals surface area contributed by atoms with Gasteiger partial charge in [0.05, 0.1) is 6.61 Å². The fourth-order valence-electron chi connectivity index (χ4n) is 1.96. The first-order valence-electron chi connectivity index (χ1n) is 9.28. The minimum absolute atomic E-state index is 0.0362. The number of hydrogen-bond acceptors (Lipinski definition) is 3. The van der Waals surface area contributed by atoms with Crippen molar-refractivity contribution in [2.45, 2.75) is 52.9 Å². The predicted octanol–water partition coefficient (Wildman–Crippen LogP) is 1.45. The lowest BCUT2D eigenvalue weighted by Crippen LogP contribution is -2.37. The number of unbranched alkanes of at least 4 members (excludes halogenated alkanes) is 4. The van der Waals surface area contributed by atoms with Crippen molar-refractivity contribution < 1.29 is 14.8 Å². The van der Waals surface area contributed by atoms with Crippen LogP contribution in [0.25, 0.3) is 0 Å². The van der Waals surface area contributed by atoms with Gasteiger partial charge in [0.25, 0.3) is 0 Å². The largest absolute Gasteiger partial charge is 0.491 e. The summed E-state index contributed by atoms with van der Waals surface area (Å²) in [6.07, 6.45) is 6.56. The van der Waals surface area contributed by atoms with E-state index in [4.69, 9.17) is 21.2 Å². The molecular formula is C19H36BN2O3S+. The molecule has 0 unspecified atom stereocenters. The van der Waals surface area contributed by atoms with Crippen LogP contribution in [-0.2, 0) is 16.0 Å². The van der Waals surface area contributed by atoms with Crippen LogP contribution in [0.4, 0.5) is 0 Å². The quantitative estimate of drug-likeness (QED) is 0.201. The van der Waals surface area contributed by atoms with E-state index in [9.17, 15) is 5.02 Å². The Hall–Kier alpha value is -0.825. The first-order valence-corrected chi connectivity index (χ1v) is 10.3. The summed E-state index contributed by atoms with van der Waals surface area (Å²) < 4.78 is 5.28. The third-order valence-electron chi connectivity index (χ3n) is 3.66. The third kappa shape index (κ3) is 14.4. The molecule has 0 spiro atoms. The highest BCUT2D eigenvalue weighted by molar-refractivity contribution is 7.78. The van der Waals surface area contributed by atoms with Gasteiger partial charge in [-0.1, -0.05) is 70.4 Å². The average Bonchev–Trinajstić information content (AvgIpc) is 2.64. The zero-order valence-corrected chi connectivity index (χ0v) is 17.3. The molecule has 0 aliphatic rings. The van der Waals surface area contributed by atoms with E-state index in [0.29, 0.717) is 11.7 Å². The minimum atomic E-state index is -0.919. The van der Waals surface area contributed by atoms with Crippen molar-refractivity contribution in [2.24, 2.45) is 16.9 Å². The molecule has 0 aliphatic heterocycles.